The Morgan fingerprint density at radius 1 is 1.22 bits per heavy atom. The summed E-state index contributed by atoms with van der Waals surface area (Å²) in [5.41, 5.74) is -1.73. The van der Waals surface area contributed by atoms with Crippen LogP contribution in [-0.2, 0) is 15.0 Å². The molecule has 1 aromatic heterocycles. The number of hydrogen-bond acceptors (Lipinski definition) is 6. The molecule has 0 amide bonds. The fraction of sp³-hybridized carbons (Fsp3) is 0.435. The maximum Gasteiger partial charge on any atom is 0.490 e. The average molecular weight is 610 g/mol. The van der Waals surface area contributed by atoms with Gasteiger partial charge < -0.3 is 10.2 Å². The Bertz CT molecular complexity index is 1200. The first kappa shape index (κ1) is 30.4. The first-order valence-corrected chi connectivity index (χ1v) is 11.7. The summed E-state index contributed by atoms with van der Waals surface area (Å²) in [6.45, 7) is 5.97. The van der Waals surface area contributed by atoms with Gasteiger partial charge in [-0.3, -0.25) is 10.1 Å². The lowest BCUT2D eigenvalue weighted by Gasteiger charge is -2.35. The Morgan fingerprint density at radius 2 is 1.76 bits per heavy atom. The van der Waals surface area contributed by atoms with E-state index < -0.39 is 47.3 Å². The minimum absolute atomic E-state index is 0.0480. The number of nitriles is 1. The van der Waals surface area contributed by atoms with E-state index in [0.29, 0.717) is 10.9 Å². The first-order valence-electron chi connectivity index (χ1n) is 10.6. The Labute approximate surface area is 222 Å². The van der Waals surface area contributed by atoms with Gasteiger partial charge in [-0.15, -0.1) is 0 Å². The highest BCUT2D eigenvalue weighted by atomic mass is 79.9. The maximum absolute atomic E-state index is 15.1. The van der Waals surface area contributed by atoms with Gasteiger partial charge in [-0.2, -0.15) is 18.4 Å². The Kier molecular flexibility index (Phi) is 9.27. The quantitative estimate of drug-likeness (QED) is 0.409. The van der Waals surface area contributed by atoms with E-state index in [4.69, 9.17) is 21.5 Å². The number of benzene rings is 1. The van der Waals surface area contributed by atoms with Crippen LogP contribution >= 0.6 is 27.5 Å². The van der Waals surface area contributed by atoms with Crippen LogP contribution in [0.1, 0.15) is 44.5 Å². The van der Waals surface area contributed by atoms with Gasteiger partial charge in [0.1, 0.15) is 17.3 Å². The van der Waals surface area contributed by atoms with Crippen molar-refractivity contribution in [3.05, 3.63) is 57.3 Å². The van der Waals surface area contributed by atoms with Crippen LogP contribution in [0.4, 0.5) is 17.6 Å². The van der Waals surface area contributed by atoms with Crippen molar-refractivity contribution in [3.8, 4) is 6.07 Å². The summed E-state index contributed by atoms with van der Waals surface area (Å²) in [5, 5.41) is 30.5. The van der Waals surface area contributed by atoms with Gasteiger partial charge in [0.2, 0.25) is 0 Å². The number of hydrogen-bond donors (Lipinski definition) is 3. The summed E-state index contributed by atoms with van der Waals surface area (Å²) in [7, 11) is 0. The molecule has 0 bridgehead atoms. The third kappa shape index (κ3) is 6.74. The number of alkyl halides is 3. The third-order valence-corrected chi connectivity index (χ3v) is 6.27. The predicted molar refractivity (Wildman–Crippen MR) is 127 cm³/mol. The number of carboxylic acids is 2. The lowest BCUT2D eigenvalue weighted by molar-refractivity contribution is -0.192. The van der Waals surface area contributed by atoms with Crippen LogP contribution in [0.3, 0.4) is 0 Å². The highest BCUT2D eigenvalue weighted by Gasteiger charge is 2.62. The van der Waals surface area contributed by atoms with E-state index in [-0.39, 0.29) is 21.8 Å². The molecule has 0 saturated carbocycles. The van der Waals surface area contributed by atoms with Crippen LogP contribution in [0.25, 0.3) is 0 Å². The zero-order valence-electron chi connectivity index (χ0n) is 19.6. The lowest BCUT2D eigenvalue weighted by atomic mass is 9.65. The zero-order valence-corrected chi connectivity index (χ0v) is 22.0. The Balaban J connectivity index is 0.000000604. The van der Waals surface area contributed by atoms with Gasteiger partial charge in [0.25, 0.3) is 0 Å². The minimum atomic E-state index is -5.08. The molecular formula is C23H22BrClF4N4O4. The molecule has 1 aliphatic rings. The summed E-state index contributed by atoms with van der Waals surface area (Å²) < 4.78 is 47.4. The van der Waals surface area contributed by atoms with Crippen LogP contribution in [0.2, 0.25) is 5.02 Å². The van der Waals surface area contributed by atoms with Crippen LogP contribution in [0.5, 0.6) is 0 Å². The normalized spacial score (nSPS) is 23.5. The lowest BCUT2D eigenvalue weighted by Crippen LogP contribution is -2.45. The molecular weight excluding hydrogens is 588 g/mol. The SMILES string of the molecule is CC(C)(C)C[C@@H]1N[C@@H](C(=O)O)[C@H](c2cccc(Cl)c2F)[C@]1(C#N)c1ncc(Br)cn1.O=C(O)C(F)(F)F. The first-order chi connectivity index (χ1) is 17.0. The summed E-state index contributed by atoms with van der Waals surface area (Å²) in [6, 6.07) is 4.83. The largest absolute Gasteiger partial charge is 0.490 e. The van der Waals surface area contributed by atoms with Gasteiger partial charge in [-0.25, -0.2) is 19.2 Å². The number of aromatic nitrogens is 2. The maximum atomic E-state index is 15.1. The molecule has 1 aromatic carbocycles. The molecule has 1 saturated heterocycles. The summed E-state index contributed by atoms with van der Waals surface area (Å²) >= 11 is 9.28. The molecule has 2 heterocycles. The van der Waals surface area contributed by atoms with Gasteiger partial charge in [0.15, 0.2) is 5.82 Å². The molecule has 8 nitrogen and oxygen atoms in total. The van der Waals surface area contributed by atoms with Crippen LogP contribution < -0.4 is 5.32 Å². The smallest absolute Gasteiger partial charge is 0.480 e. The molecule has 0 spiro atoms. The van der Waals surface area contributed by atoms with Crippen LogP contribution in [0, 0.1) is 22.6 Å². The van der Waals surface area contributed by atoms with E-state index >= 15 is 4.39 Å². The molecule has 14 heteroatoms. The second-order valence-electron chi connectivity index (χ2n) is 9.43. The number of rotatable bonds is 4. The highest BCUT2D eigenvalue weighted by Crippen LogP contribution is 2.51. The number of halogens is 6. The van der Waals surface area contributed by atoms with E-state index in [1.54, 1.807) is 6.07 Å². The average Bonchev–Trinajstić information content (AvgIpc) is 3.09. The van der Waals surface area contributed by atoms with E-state index in [1.165, 1.54) is 24.5 Å². The van der Waals surface area contributed by atoms with Crippen molar-refractivity contribution in [1.29, 1.82) is 5.26 Å². The summed E-state index contributed by atoms with van der Waals surface area (Å²) in [5.74, 6) is -5.64. The molecule has 0 radical (unpaired) electrons. The van der Waals surface area contributed by atoms with Crippen LogP contribution in [0.15, 0.2) is 35.1 Å². The molecule has 200 valence electrons. The van der Waals surface area contributed by atoms with E-state index in [9.17, 15) is 28.3 Å². The van der Waals surface area contributed by atoms with Gasteiger partial charge in [0.05, 0.1) is 15.6 Å². The predicted octanol–water partition coefficient (Wildman–Crippen LogP) is 5.07. The fourth-order valence-electron chi connectivity index (χ4n) is 4.17. The number of aliphatic carboxylic acids is 2. The van der Waals surface area contributed by atoms with Crippen molar-refractivity contribution < 1.29 is 37.4 Å². The van der Waals surface area contributed by atoms with Gasteiger partial charge in [-0.1, -0.05) is 44.5 Å². The monoisotopic (exact) mass is 608 g/mol. The summed E-state index contributed by atoms with van der Waals surface area (Å²) in [4.78, 5) is 29.8. The molecule has 1 aliphatic heterocycles. The third-order valence-electron chi connectivity index (χ3n) is 5.57. The number of carbonyl (C=O) groups is 2. The van der Waals surface area contributed by atoms with Crippen molar-refractivity contribution in [3.63, 3.8) is 0 Å². The minimum Gasteiger partial charge on any atom is -0.480 e. The fourth-order valence-corrected chi connectivity index (χ4v) is 4.56. The molecule has 0 unspecified atom stereocenters. The van der Waals surface area contributed by atoms with Gasteiger partial charge in [-0.05, 0) is 39.4 Å². The zero-order chi connectivity index (χ0) is 28.3. The molecule has 2 aromatic rings. The number of nitrogens with zero attached hydrogens (tertiary/aromatic N) is 3. The molecule has 0 aliphatic carbocycles. The van der Waals surface area contributed by atoms with Crippen LogP contribution in [-0.4, -0.2) is 50.4 Å². The van der Waals surface area contributed by atoms with E-state index in [2.05, 4.69) is 37.3 Å². The van der Waals surface area contributed by atoms with Gasteiger partial charge >= 0.3 is 18.1 Å². The standard InChI is InChI=1S/C21H21BrClFN4O2.C2HF3O2/c1-20(2,3)7-14-21(10-25,19-26-8-11(22)9-27-19)15(17(28-14)18(29)30)12-5-4-6-13(23)16(12)24;3-2(4,5)1(6)7/h4-6,8-9,14-15,17,28H,7H2,1-3H3,(H,29,30);(H,6,7)/t14-,15-,17+,21+;/m0./s1. The molecule has 3 N–H and O–H groups in total. The van der Waals surface area contributed by atoms with Gasteiger partial charge in [0, 0.05) is 24.4 Å². The number of carboxylic acid groups (broad SMARTS) is 2. The van der Waals surface area contributed by atoms with E-state index in [0.717, 1.165) is 0 Å². The summed E-state index contributed by atoms with van der Waals surface area (Å²) in [6.07, 6.45) is -1.65. The molecule has 1 fully saturated rings. The topological polar surface area (TPSA) is 136 Å². The second kappa shape index (κ2) is 11.3. The van der Waals surface area contributed by atoms with Crippen molar-refractivity contribution >= 4 is 39.5 Å². The Morgan fingerprint density at radius 3 is 2.19 bits per heavy atom. The molecule has 4 atom stereocenters. The highest BCUT2D eigenvalue weighted by molar-refractivity contribution is 9.10. The van der Waals surface area contributed by atoms with Crippen molar-refractivity contribution in [2.45, 2.75) is 56.8 Å². The van der Waals surface area contributed by atoms with Crippen molar-refractivity contribution in [2.75, 3.05) is 0 Å². The van der Waals surface area contributed by atoms with Crippen molar-refractivity contribution in [1.82, 2.24) is 15.3 Å². The number of nitrogens with one attached hydrogen (secondary N) is 1. The second-order valence-corrected chi connectivity index (χ2v) is 10.8. The molecule has 37 heavy (non-hydrogen) atoms. The molecule has 3 rings (SSSR count). The Hall–Kier alpha value is -2.82. The van der Waals surface area contributed by atoms with Crippen molar-refractivity contribution in [2.24, 2.45) is 5.41 Å². The van der Waals surface area contributed by atoms with E-state index in [1.807, 2.05) is 20.8 Å².